The van der Waals surface area contributed by atoms with Gasteiger partial charge < -0.3 is 5.11 Å². The Balaban J connectivity index is 1.73. The summed E-state index contributed by atoms with van der Waals surface area (Å²) in [6.45, 7) is 3.32. The first kappa shape index (κ1) is 16.4. The molecule has 1 aliphatic carbocycles. The van der Waals surface area contributed by atoms with Crippen LogP contribution in [0.1, 0.15) is 47.9 Å². The minimum Gasteiger partial charge on any atom is -0.478 e. The molecule has 0 unspecified atom stereocenters. The van der Waals surface area contributed by atoms with Crippen LogP contribution in [0.2, 0.25) is 0 Å². The molecular formula is C14H22N4O4S. The first-order chi connectivity index (χ1) is 10.9. The molecule has 2 heterocycles. The maximum Gasteiger partial charge on any atom is 0.339 e. The molecule has 23 heavy (non-hydrogen) atoms. The minimum absolute atomic E-state index is 0.0921. The van der Waals surface area contributed by atoms with Crippen LogP contribution in [0.4, 0.5) is 0 Å². The summed E-state index contributed by atoms with van der Waals surface area (Å²) in [5, 5.41) is 13.7. The van der Waals surface area contributed by atoms with Crippen LogP contribution in [0.3, 0.4) is 0 Å². The fourth-order valence-corrected chi connectivity index (χ4v) is 4.24. The smallest absolute Gasteiger partial charge is 0.339 e. The average Bonchev–Trinajstić information content (AvgIpc) is 3.07. The van der Waals surface area contributed by atoms with Gasteiger partial charge >= 0.3 is 5.97 Å². The van der Waals surface area contributed by atoms with Gasteiger partial charge in [0.15, 0.2) is 0 Å². The van der Waals surface area contributed by atoms with Gasteiger partial charge in [0.2, 0.25) is 0 Å². The first-order valence-electron chi connectivity index (χ1n) is 7.99. The second-order valence-corrected chi connectivity index (χ2v) is 7.88. The monoisotopic (exact) mass is 342 g/mol. The normalized spacial score (nSPS) is 17.7. The average molecular weight is 342 g/mol. The second kappa shape index (κ2) is 6.21. The van der Waals surface area contributed by atoms with Crippen molar-refractivity contribution in [1.29, 1.82) is 0 Å². The van der Waals surface area contributed by atoms with E-state index in [2.05, 4.69) is 9.82 Å². The summed E-state index contributed by atoms with van der Waals surface area (Å²) >= 11 is 0. The van der Waals surface area contributed by atoms with Crippen molar-refractivity contribution >= 4 is 16.2 Å². The molecule has 1 aromatic heterocycles. The molecular weight excluding hydrogens is 320 g/mol. The number of nitrogens with zero attached hydrogens (tertiary/aromatic N) is 3. The van der Waals surface area contributed by atoms with Crippen LogP contribution in [-0.4, -0.2) is 46.7 Å². The molecule has 0 spiro atoms. The number of carboxylic acid groups (broad SMARTS) is 1. The number of aromatic nitrogens is 2. The Morgan fingerprint density at radius 1 is 1.48 bits per heavy atom. The van der Waals surface area contributed by atoms with E-state index < -0.39 is 16.2 Å². The summed E-state index contributed by atoms with van der Waals surface area (Å²) in [7, 11) is -3.62. The number of nitrogens with one attached hydrogen (secondary N) is 1. The maximum absolute atomic E-state index is 12.4. The van der Waals surface area contributed by atoms with Crippen LogP contribution < -0.4 is 4.72 Å². The van der Waals surface area contributed by atoms with Crippen molar-refractivity contribution in [3.63, 3.8) is 0 Å². The van der Waals surface area contributed by atoms with Gasteiger partial charge in [0.1, 0.15) is 5.56 Å². The van der Waals surface area contributed by atoms with Crippen LogP contribution in [0.25, 0.3) is 0 Å². The number of rotatable bonds is 8. The third-order valence-electron chi connectivity index (χ3n) is 4.40. The molecule has 0 aromatic carbocycles. The molecule has 0 bridgehead atoms. The molecule has 1 aliphatic heterocycles. The number of fused-ring (bicyclic) bond motifs is 1. The second-order valence-electron chi connectivity index (χ2n) is 6.12. The molecule has 128 valence electrons. The standard InChI is InChI=1S/C14H22N4O4S/c1-2-17(9-10-5-6-10)23(21,22)15-8-11-13(14(19)20)12-4-3-7-18(12)16-11/h10,15H,2-9H2,1H3,(H,19,20). The van der Waals surface area contributed by atoms with Gasteiger partial charge in [-0.1, -0.05) is 6.92 Å². The van der Waals surface area contributed by atoms with E-state index >= 15 is 0 Å². The summed E-state index contributed by atoms with van der Waals surface area (Å²) in [6.07, 6.45) is 3.69. The highest BCUT2D eigenvalue weighted by Crippen LogP contribution is 2.30. The molecule has 2 aliphatic rings. The highest BCUT2D eigenvalue weighted by molar-refractivity contribution is 7.87. The number of carbonyl (C=O) groups is 1. The SMILES string of the molecule is CCN(CC1CC1)S(=O)(=O)NCc1nn2c(c1C(=O)O)CCC2. The van der Waals surface area contributed by atoms with Gasteiger partial charge in [0.25, 0.3) is 10.2 Å². The van der Waals surface area contributed by atoms with Crippen LogP contribution >= 0.6 is 0 Å². The molecule has 1 aromatic rings. The van der Waals surface area contributed by atoms with Gasteiger partial charge in [-0.15, -0.1) is 0 Å². The molecule has 0 atom stereocenters. The van der Waals surface area contributed by atoms with Gasteiger partial charge in [-0.3, -0.25) is 4.68 Å². The summed E-state index contributed by atoms with van der Waals surface area (Å²) < 4.78 is 30.4. The van der Waals surface area contributed by atoms with Crippen LogP contribution in [-0.2, 0) is 29.7 Å². The van der Waals surface area contributed by atoms with E-state index in [1.165, 1.54) is 4.31 Å². The molecule has 0 amide bonds. The summed E-state index contributed by atoms with van der Waals surface area (Å²) in [5.74, 6) is -0.592. The Morgan fingerprint density at radius 2 is 2.22 bits per heavy atom. The summed E-state index contributed by atoms with van der Waals surface area (Å²) in [6, 6.07) is 0. The topological polar surface area (TPSA) is 105 Å². The number of hydrogen-bond acceptors (Lipinski definition) is 4. The van der Waals surface area contributed by atoms with Crippen molar-refractivity contribution in [2.45, 2.75) is 45.7 Å². The predicted octanol–water partition coefficient (Wildman–Crippen LogP) is 0.594. The Bertz CT molecular complexity index is 709. The van der Waals surface area contributed by atoms with Gasteiger partial charge in [0.05, 0.1) is 17.9 Å². The largest absolute Gasteiger partial charge is 0.478 e. The van der Waals surface area contributed by atoms with Gasteiger partial charge in [-0.2, -0.15) is 22.5 Å². The van der Waals surface area contributed by atoms with E-state index in [4.69, 9.17) is 0 Å². The summed E-state index contributed by atoms with van der Waals surface area (Å²) in [4.78, 5) is 11.5. The lowest BCUT2D eigenvalue weighted by Crippen LogP contribution is -2.41. The number of hydrogen-bond donors (Lipinski definition) is 2. The van der Waals surface area contributed by atoms with Crippen molar-refractivity contribution in [3.05, 3.63) is 17.0 Å². The predicted molar refractivity (Wildman–Crippen MR) is 83.2 cm³/mol. The zero-order chi connectivity index (χ0) is 16.6. The summed E-state index contributed by atoms with van der Waals surface area (Å²) in [5.41, 5.74) is 1.13. The molecule has 2 N–H and O–H groups in total. The van der Waals surface area contributed by atoms with Crippen molar-refractivity contribution in [3.8, 4) is 0 Å². The number of aromatic carboxylic acids is 1. The molecule has 0 radical (unpaired) electrons. The van der Waals surface area contributed by atoms with Crippen molar-refractivity contribution in [2.24, 2.45) is 5.92 Å². The fourth-order valence-electron chi connectivity index (χ4n) is 2.99. The lowest BCUT2D eigenvalue weighted by Gasteiger charge is -2.20. The Kier molecular flexibility index (Phi) is 4.43. The molecule has 0 saturated heterocycles. The van der Waals surface area contributed by atoms with E-state index in [1.807, 2.05) is 0 Å². The van der Waals surface area contributed by atoms with Crippen molar-refractivity contribution in [1.82, 2.24) is 18.8 Å². The molecule has 1 saturated carbocycles. The zero-order valence-corrected chi connectivity index (χ0v) is 14.0. The lowest BCUT2D eigenvalue weighted by molar-refractivity contribution is 0.0694. The number of carboxylic acids is 1. The third-order valence-corrected chi connectivity index (χ3v) is 6.00. The molecule has 8 nitrogen and oxygen atoms in total. The zero-order valence-electron chi connectivity index (χ0n) is 13.2. The molecule has 9 heteroatoms. The Labute approximate surface area is 135 Å². The third kappa shape index (κ3) is 3.41. The quantitative estimate of drug-likeness (QED) is 0.719. The van der Waals surface area contributed by atoms with E-state index in [0.717, 1.165) is 19.3 Å². The number of aryl methyl sites for hydroxylation is 1. The fraction of sp³-hybridized carbons (Fsp3) is 0.714. The Hall–Kier alpha value is -1.45. The van der Waals surface area contributed by atoms with Crippen molar-refractivity contribution in [2.75, 3.05) is 13.1 Å². The van der Waals surface area contributed by atoms with Crippen LogP contribution in [0.15, 0.2) is 0 Å². The van der Waals surface area contributed by atoms with Gasteiger partial charge in [-0.25, -0.2) is 4.79 Å². The van der Waals surface area contributed by atoms with Crippen LogP contribution in [0.5, 0.6) is 0 Å². The van der Waals surface area contributed by atoms with Gasteiger partial charge in [0, 0.05) is 19.6 Å². The Morgan fingerprint density at radius 3 is 2.83 bits per heavy atom. The highest BCUT2D eigenvalue weighted by atomic mass is 32.2. The maximum atomic E-state index is 12.4. The molecule has 3 rings (SSSR count). The highest BCUT2D eigenvalue weighted by Gasteiger charge is 2.31. The van der Waals surface area contributed by atoms with Crippen LogP contribution in [0, 0.1) is 5.92 Å². The van der Waals surface area contributed by atoms with E-state index in [0.29, 0.717) is 43.4 Å². The van der Waals surface area contributed by atoms with Gasteiger partial charge in [-0.05, 0) is 31.6 Å². The molecule has 1 fully saturated rings. The first-order valence-corrected chi connectivity index (χ1v) is 9.43. The van der Waals surface area contributed by atoms with E-state index in [9.17, 15) is 18.3 Å². The lowest BCUT2D eigenvalue weighted by atomic mass is 10.1. The van der Waals surface area contributed by atoms with E-state index in [1.54, 1.807) is 11.6 Å². The minimum atomic E-state index is -3.62. The van der Waals surface area contributed by atoms with Crippen molar-refractivity contribution < 1.29 is 18.3 Å². The van der Waals surface area contributed by atoms with E-state index in [-0.39, 0.29) is 12.1 Å².